The van der Waals surface area contributed by atoms with E-state index in [-0.39, 0.29) is 25.5 Å². The van der Waals surface area contributed by atoms with Crippen molar-refractivity contribution in [3.05, 3.63) is 35.4 Å². The number of hydrogen-bond acceptors (Lipinski definition) is 4. The van der Waals surface area contributed by atoms with E-state index in [2.05, 4.69) is 6.92 Å². The van der Waals surface area contributed by atoms with E-state index in [1.165, 1.54) is 5.56 Å². The van der Waals surface area contributed by atoms with Gasteiger partial charge in [-0.3, -0.25) is 19.3 Å². The summed E-state index contributed by atoms with van der Waals surface area (Å²) in [4.78, 5) is 36.1. The lowest BCUT2D eigenvalue weighted by Crippen LogP contribution is -2.48. The van der Waals surface area contributed by atoms with Crippen LogP contribution in [0.3, 0.4) is 0 Å². The van der Waals surface area contributed by atoms with Crippen molar-refractivity contribution in [3.8, 4) is 0 Å². The number of benzene rings is 1. The SMILES string of the molecule is CCCc1ccc(C(=O)CN2C(=O)COCC2=O)cc1. The average molecular weight is 275 g/mol. The fourth-order valence-electron chi connectivity index (χ4n) is 2.08. The number of carbonyl (C=O) groups is 3. The van der Waals surface area contributed by atoms with E-state index < -0.39 is 11.8 Å². The van der Waals surface area contributed by atoms with Crippen molar-refractivity contribution in [2.45, 2.75) is 19.8 Å². The number of ketones is 1. The molecule has 5 heteroatoms. The van der Waals surface area contributed by atoms with Crippen molar-refractivity contribution in [2.75, 3.05) is 19.8 Å². The van der Waals surface area contributed by atoms with E-state index in [9.17, 15) is 14.4 Å². The maximum absolute atomic E-state index is 12.1. The number of aryl methyl sites for hydroxylation is 1. The highest BCUT2D eigenvalue weighted by Gasteiger charge is 2.28. The number of rotatable bonds is 5. The summed E-state index contributed by atoms with van der Waals surface area (Å²) >= 11 is 0. The van der Waals surface area contributed by atoms with Crippen LogP contribution in [-0.4, -0.2) is 42.3 Å². The fraction of sp³-hybridized carbons (Fsp3) is 0.400. The van der Waals surface area contributed by atoms with Crippen LogP contribution >= 0.6 is 0 Å². The molecule has 2 amide bonds. The van der Waals surface area contributed by atoms with Crippen LogP contribution in [0.1, 0.15) is 29.3 Å². The van der Waals surface area contributed by atoms with E-state index in [0.29, 0.717) is 5.56 Å². The van der Waals surface area contributed by atoms with Gasteiger partial charge in [0.05, 0.1) is 6.54 Å². The zero-order valence-electron chi connectivity index (χ0n) is 11.4. The molecule has 0 N–H and O–H groups in total. The first-order chi connectivity index (χ1) is 9.61. The van der Waals surface area contributed by atoms with Crippen LogP contribution in [0.25, 0.3) is 0 Å². The molecule has 1 heterocycles. The maximum Gasteiger partial charge on any atom is 0.255 e. The van der Waals surface area contributed by atoms with Gasteiger partial charge in [0.15, 0.2) is 5.78 Å². The first kappa shape index (κ1) is 14.4. The summed E-state index contributed by atoms with van der Waals surface area (Å²) in [7, 11) is 0. The van der Waals surface area contributed by atoms with Crippen LogP contribution in [-0.2, 0) is 20.7 Å². The zero-order valence-corrected chi connectivity index (χ0v) is 11.4. The number of imide groups is 1. The summed E-state index contributed by atoms with van der Waals surface area (Å²) in [5.74, 6) is -1.16. The molecule has 0 saturated carbocycles. The third-order valence-corrected chi connectivity index (χ3v) is 3.17. The standard InChI is InChI=1S/C15H17NO4/c1-2-3-11-4-6-12(7-5-11)13(17)8-16-14(18)9-20-10-15(16)19/h4-7H,2-3,8-10H2,1H3. The number of amides is 2. The van der Waals surface area contributed by atoms with Crippen molar-refractivity contribution in [1.82, 2.24) is 4.90 Å². The van der Waals surface area contributed by atoms with Gasteiger partial charge in [-0.25, -0.2) is 0 Å². The second-order valence-electron chi connectivity index (χ2n) is 4.74. The number of carbonyl (C=O) groups excluding carboxylic acids is 3. The van der Waals surface area contributed by atoms with Crippen molar-refractivity contribution in [1.29, 1.82) is 0 Å². The largest absolute Gasteiger partial charge is 0.362 e. The molecule has 1 aliphatic rings. The van der Waals surface area contributed by atoms with Crippen molar-refractivity contribution >= 4 is 17.6 Å². The highest BCUT2D eigenvalue weighted by Crippen LogP contribution is 2.09. The zero-order chi connectivity index (χ0) is 14.5. The molecule has 1 saturated heterocycles. The second-order valence-corrected chi connectivity index (χ2v) is 4.74. The van der Waals surface area contributed by atoms with Crippen LogP contribution in [0.15, 0.2) is 24.3 Å². The number of ether oxygens (including phenoxy) is 1. The highest BCUT2D eigenvalue weighted by atomic mass is 16.5. The van der Waals surface area contributed by atoms with Crippen LogP contribution in [0.5, 0.6) is 0 Å². The van der Waals surface area contributed by atoms with Gasteiger partial charge in [-0.2, -0.15) is 0 Å². The minimum Gasteiger partial charge on any atom is -0.362 e. The third-order valence-electron chi connectivity index (χ3n) is 3.17. The highest BCUT2D eigenvalue weighted by molar-refractivity contribution is 6.05. The Labute approximate surface area is 117 Å². The van der Waals surface area contributed by atoms with Gasteiger partial charge in [-0.15, -0.1) is 0 Å². The first-order valence-electron chi connectivity index (χ1n) is 6.65. The number of nitrogens with zero attached hydrogens (tertiary/aromatic N) is 1. The first-order valence-corrected chi connectivity index (χ1v) is 6.65. The van der Waals surface area contributed by atoms with Crippen LogP contribution in [0.2, 0.25) is 0 Å². The van der Waals surface area contributed by atoms with Gasteiger partial charge >= 0.3 is 0 Å². The molecule has 1 aliphatic heterocycles. The molecule has 2 rings (SSSR count). The molecule has 1 fully saturated rings. The summed E-state index contributed by atoms with van der Waals surface area (Å²) in [6.07, 6.45) is 2.01. The molecule has 1 aromatic carbocycles. The quantitative estimate of drug-likeness (QED) is 0.598. The Morgan fingerprint density at radius 3 is 2.30 bits per heavy atom. The Kier molecular flexibility index (Phi) is 4.63. The van der Waals surface area contributed by atoms with Crippen molar-refractivity contribution in [3.63, 3.8) is 0 Å². The molecular formula is C15H17NO4. The van der Waals surface area contributed by atoms with Crippen LogP contribution in [0, 0.1) is 0 Å². The Bertz CT molecular complexity index is 505. The van der Waals surface area contributed by atoms with Gasteiger partial charge in [0.1, 0.15) is 13.2 Å². The number of morpholine rings is 1. The van der Waals surface area contributed by atoms with E-state index in [0.717, 1.165) is 17.7 Å². The summed E-state index contributed by atoms with van der Waals surface area (Å²) in [6, 6.07) is 7.28. The average Bonchev–Trinajstić information content (AvgIpc) is 2.44. The second kappa shape index (κ2) is 6.43. The lowest BCUT2D eigenvalue weighted by atomic mass is 10.0. The smallest absolute Gasteiger partial charge is 0.255 e. The van der Waals surface area contributed by atoms with Crippen LogP contribution in [0.4, 0.5) is 0 Å². The van der Waals surface area contributed by atoms with Crippen LogP contribution < -0.4 is 0 Å². The monoisotopic (exact) mass is 275 g/mol. The Morgan fingerprint density at radius 2 is 1.75 bits per heavy atom. The summed E-state index contributed by atoms with van der Waals surface area (Å²) in [6.45, 7) is 1.59. The van der Waals surface area contributed by atoms with Gasteiger partial charge in [-0.1, -0.05) is 37.6 Å². The fourth-order valence-corrected chi connectivity index (χ4v) is 2.08. The Hall–Kier alpha value is -2.01. The van der Waals surface area contributed by atoms with Gasteiger partial charge in [0.2, 0.25) is 0 Å². The van der Waals surface area contributed by atoms with Gasteiger partial charge in [0, 0.05) is 5.56 Å². The van der Waals surface area contributed by atoms with E-state index >= 15 is 0 Å². The number of hydrogen-bond donors (Lipinski definition) is 0. The molecule has 5 nitrogen and oxygen atoms in total. The number of Topliss-reactive ketones (excluding diaryl/α,β-unsaturated/α-hetero) is 1. The molecule has 0 radical (unpaired) electrons. The predicted octanol–water partition coefficient (Wildman–Crippen LogP) is 1.21. The van der Waals surface area contributed by atoms with Gasteiger partial charge < -0.3 is 4.74 Å². The predicted molar refractivity (Wildman–Crippen MR) is 72.3 cm³/mol. The van der Waals surface area contributed by atoms with Gasteiger partial charge in [0.25, 0.3) is 11.8 Å². The molecule has 0 unspecified atom stereocenters. The molecule has 0 bridgehead atoms. The molecule has 0 aliphatic carbocycles. The molecule has 0 atom stereocenters. The molecule has 1 aromatic rings. The maximum atomic E-state index is 12.1. The molecule has 20 heavy (non-hydrogen) atoms. The Balaban J connectivity index is 2.03. The normalized spacial score (nSPS) is 15.6. The van der Waals surface area contributed by atoms with Crippen molar-refractivity contribution < 1.29 is 19.1 Å². The van der Waals surface area contributed by atoms with Crippen molar-refractivity contribution in [2.24, 2.45) is 0 Å². The lowest BCUT2D eigenvalue weighted by molar-refractivity contribution is -0.157. The molecule has 0 spiro atoms. The van der Waals surface area contributed by atoms with E-state index in [1.54, 1.807) is 12.1 Å². The van der Waals surface area contributed by atoms with E-state index in [1.807, 2.05) is 12.1 Å². The van der Waals surface area contributed by atoms with Gasteiger partial charge in [-0.05, 0) is 12.0 Å². The molecule has 0 aromatic heterocycles. The molecule has 106 valence electrons. The van der Waals surface area contributed by atoms with E-state index in [4.69, 9.17) is 4.74 Å². The summed E-state index contributed by atoms with van der Waals surface area (Å²) < 4.78 is 4.80. The molecular weight excluding hydrogens is 258 g/mol. The third kappa shape index (κ3) is 3.30. The minimum atomic E-state index is -0.461. The summed E-state index contributed by atoms with van der Waals surface area (Å²) in [5.41, 5.74) is 1.68. The minimum absolute atomic E-state index is 0.144. The topological polar surface area (TPSA) is 63.7 Å². The lowest BCUT2D eigenvalue weighted by Gasteiger charge is -2.24. The Morgan fingerprint density at radius 1 is 1.15 bits per heavy atom. The summed E-state index contributed by atoms with van der Waals surface area (Å²) in [5, 5.41) is 0.